The number of ether oxygens (including phenoxy) is 1. The molecule has 0 N–H and O–H groups in total. The molecule has 6 heteroatoms. The number of carbonyl (C=O) groups excluding carboxylic acids is 1. The number of esters is 1. The summed E-state index contributed by atoms with van der Waals surface area (Å²) in [5.41, 5.74) is 2.20. The SMILES string of the molecule is COC(=O)C1CCN(C(c2cccc(CO[Si](C)(C)C(C)(C)C)n2)C2CC2)CC1. The third-order valence-corrected chi connectivity index (χ3v) is 11.5. The lowest BCUT2D eigenvalue weighted by atomic mass is 9.94. The molecule has 0 bridgehead atoms. The van der Waals surface area contributed by atoms with Crippen molar-refractivity contribution >= 4 is 14.3 Å². The summed E-state index contributed by atoms with van der Waals surface area (Å²) >= 11 is 0. The molecule has 1 unspecified atom stereocenters. The summed E-state index contributed by atoms with van der Waals surface area (Å²) in [4.78, 5) is 19.4. The van der Waals surface area contributed by atoms with E-state index in [2.05, 4.69) is 57.0 Å². The second-order valence-electron chi connectivity index (χ2n) is 10.2. The van der Waals surface area contributed by atoms with Crippen LogP contribution in [0.25, 0.3) is 0 Å². The maximum atomic E-state index is 11.9. The number of rotatable bonds is 7. The van der Waals surface area contributed by atoms with Crippen LogP contribution in [0.5, 0.6) is 0 Å². The highest BCUT2D eigenvalue weighted by molar-refractivity contribution is 6.74. The van der Waals surface area contributed by atoms with Crippen LogP contribution in [0.3, 0.4) is 0 Å². The smallest absolute Gasteiger partial charge is 0.308 e. The first-order valence-electron chi connectivity index (χ1n) is 11.0. The molecule has 1 aromatic heterocycles. The Morgan fingerprint density at radius 3 is 2.41 bits per heavy atom. The van der Waals surface area contributed by atoms with Crippen LogP contribution in [0.1, 0.15) is 63.9 Å². The molecule has 0 amide bonds. The van der Waals surface area contributed by atoms with Gasteiger partial charge in [-0.1, -0.05) is 26.8 Å². The minimum Gasteiger partial charge on any atom is -0.469 e. The van der Waals surface area contributed by atoms with Crippen molar-refractivity contribution in [3.8, 4) is 0 Å². The second-order valence-corrected chi connectivity index (χ2v) is 15.0. The fourth-order valence-corrected chi connectivity index (χ4v) is 4.87. The van der Waals surface area contributed by atoms with Crippen molar-refractivity contribution in [3.05, 3.63) is 29.6 Å². The third-order valence-electron chi connectivity index (χ3n) is 7.04. The van der Waals surface area contributed by atoms with Gasteiger partial charge in [-0.15, -0.1) is 0 Å². The molecular weight excluding hydrogens is 380 g/mol. The number of nitrogens with zero attached hydrogens (tertiary/aromatic N) is 2. The van der Waals surface area contributed by atoms with Crippen LogP contribution in [0.15, 0.2) is 18.2 Å². The summed E-state index contributed by atoms with van der Waals surface area (Å²) in [6.45, 7) is 13.8. The fourth-order valence-electron chi connectivity index (χ4n) is 3.93. The van der Waals surface area contributed by atoms with Crippen molar-refractivity contribution in [2.24, 2.45) is 11.8 Å². The molecule has 2 fully saturated rings. The van der Waals surface area contributed by atoms with Crippen molar-refractivity contribution in [2.75, 3.05) is 20.2 Å². The second kappa shape index (κ2) is 8.86. The van der Waals surface area contributed by atoms with E-state index in [1.807, 2.05) is 0 Å². The summed E-state index contributed by atoms with van der Waals surface area (Å²) in [7, 11) is -0.301. The molecule has 3 rings (SSSR count). The lowest BCUT2D eigenvalue weighted by molar-refractivity contribution is -0.147. The van der Waals surface area contributed by atoms with Crippen molar-refractivity contribution in [1.82, 2.24) is 9.88 Å². The van der Waals surface area contributed by atoms with Gasteiger partial charge in [-0.2, -0.15) is 0 Å². The highest BCUT2D eigenvalue weighted by Gasteiger charge is 2.40. The van der Waals surface area contributed by atoms with E-state index in [0.717, 1.165) is 31.6 Å². The molecule has 5 nitrogen and oxygen atoms in total. The molecule has 0 aromatic carbocycles. The number of methoxy groups -OCH3 is 1. The summed E-state index contributed by atoms with van der Waals surface area (Å²) in [5.74, 6) is 0.678. The zero-order chi connectivity index (χ0) is 21.2. The molecule has 2 heterocycles. The third kappa shape index (κ3) is 5.47. The minimum atomic E-state index is -1.79. The van der Waals surface area contributed by atoms with Crippen molar-refractivity contribution in [3.63, 3.8) is 0 Å². The minimum absolute atomic E-state index is 0.0494. The predicted octanol–water partition coefficient (Wildman–Crippen LogP) is 4.94. The van der Waals surface area contributed by atoms with Gasteiger partial charge in [0, 0.05) is 0 Å². The van der Waals surface area contributed by atoms with E-state index in [4.69, 9.17) is 14.1 Å². The number of piperidine rings is 1. The van der Waals surface area contributed by atoms with E-state index in [0.29, 0.717) is 18.6 Å². The number of likely N-dealkylation sites (tertiary alicyclic amines) is 1. The highest BCUT2D eigenvalue weighted by Crippen LogP contribution is 2.45. The zero-order valence-electron chi connectivity index (χ0n) is 19.0. The Bertz CT molecular complexity index is 704. The molecule has 1 saturated heterocycles. The Labute approximate surface area is 177 Å². The van der Waals surface area contributed by atoms with Gasteiger partial charge in [0.2, 0.25) is 0 Å². The van der Waals surface area contributed by atoms with E-state index in [1.54, 1.807) is 0 Å². The first-order valence-corrected chi connectivity index (χ1v) is 13.9. The van der Waals surface area contributed by atoms with Crippen molar-refractivity contribution in [2.45, 2.75) is 77.2 Å². The van der Waals surface area contributed by atoms with Gasteiger partial charge >= 0.3 is 5.97 Å². The van der Waals surface area contributed by atoms with Gasteiger partial charge < -0.3 is 9.16 Å². The lowest BCUT2D eigenvalue weighted by Crippen LogP contribution is -2.41. The Hall–Kier alpha value is -1.24. The van der Waals surface area contributed by atoms with Crippen LogP contribution >= 0.6 is 0 Å². The average Bonchev–Trinajstić information content (AvgIpc) is 3.51. The topological polar surface area (TPSA) is 51.7 Å². The molecule has 1 aromatic rings. The van der Waals surface area contributed by atoms with Gasteiger partial charge in [-0.25, -0.2) is 0 Å². The number of carbonyl (C=O) groups is 1. The zero-order valence-corrected chi connectivity index (χ0v) is 20.0. The van der Waals surface area contributed by atoms with Gasteiger partial charge in [0.1, 0.15) is 0 Å². The Morgan fingerprint density at radius 2 is 1.86 bits per heavy atom. The van der Waals surface area contributed by atoms with Crippen LogP contribution in [0.4, 0.5) is 0 Å². The van der Waals surface area contributed by atoms with Gasteiger partial charge in [-0.05, 0) is 75.0 Å². The monoisotopic (exact) mass is 418 g/mol. The molecule has 29 heavy (non-hydrogen) atoms. The van der Waals surface area contributed by atoms with E-state index in [9.17, 15) is 4.79 Å². The Balaban J connectivity index is 1.68. The average molecular weight is 419 g/mol. The van der Waals surface area contributed by atoms with Gasteiger partial charge in [-0.3, -0.25) is 14.7 Å². The number of pyridine rings is 1. The molecule has 0 radical (unpaired) electrons. The number of hydrogen-bond acceptors (Lipinski definition) is 5. The van der Waals surface area contributed by atoms with Gasteiger partial charge in [0.05, 0.1) is 37.1 Å². The molecule has 1 aliphatic carbocycles. The maximum absolute atomic E-state index is 11.9. The van der Waals surface area contributed by atoms with E-state index < -0.39 is 8.32 Å². The van der Waals surface area contributed by atoms with Gasteiger partial charge in [0.15, 0.2) is 8.32 Å². The number of hydrogen-bond donors (Lipinski definition) is 0. The Morgan fingerprint density at radius 1 is 1.21 bits per heavy atom. The van der Waals surface area contributed by atoms with Crippen molar-refractivity contribution < 1.29 is 14.0 Å². The molecule has 162 valence electrons. The van der Waals surface area contributed by atoms with Crippen LogP contribution in [-0.2, 0) is 20.6 Å². The molecule has 1 aliphatic heterocycles. The maximum Gasteiger partial charge on any atom is 0.308 e. The largest absolute Gasteiger partial charge is 0.469 e. The molecule has 0 spiro atoms. The van der Waals surface area contributed by atoms with Crippen LogP contribution in [0.2, 0.25) is 18.1 Å². The van der Waals surface area contributed by atoms with Crippen molar-refractivity contribution in [1.29, 1.82) is 0 Å². The lowest BCUT2D eigenvalue weighted by Gasteiger charge is -2.37. The van der Waals surface area contributed by atoms with Crippen LogP contribution in [-0.4, -0.2) is 44.4 Å². The Kier molecular flexibility index (Phi) is 6.86. The fraction of sp³-hybridized carbons (Fsp3) is 0.739. The quantitative estimate of drug-likeness (QED) is 0.464. The number of aromatic nitrogens is 1. The molecule has 2 aliphatic rings. The summed E-state index contributed by atoms with van der Waals surface area (Å²) < 4.78 is 11.3. The molecule has 1 atom stereocenters. The van der Waals surface area contributed by atoms with Gasteiger partial charge in [0.25, 0.3) is 0 Å². The van der Waals surface area contributed by atoms with Crippen LogP contribution < -0.4 is 0 Å². The molecule has 1 saturated carbocycles. The molecular formula is C23H38N2O3Si. The predicted molar refractivity (Wildman–Crippen MR) is 118 cm³/mol. The summed E-state index contributed by atoms with van der Waals surface area (Å²) in [5, 5.41) is 0.200. The summed E-state index contributed by atoms with van der Waals surface area (Å²) in [6.07, 6.45) is 4.30. The summed E-state index contributed by atoms with van der Waals surface area (Å²) in [6, 6.07) is 6.75. The van der Waals surface area contributed by atoms with E-state index in [1.165, 1.54) is 25.6 Å². The first-order chi connectivity index (χ1) is 13.6. The van der Waals surface area contributed by atoms with Crippen LogP contribution in [0, 0.1) is 11.8 Å². The first kappa shape index (κ1) is 22.4. The standard InChI is InChI=1S/C23H38N2O3Si/c1-23(2,3)29(5,6)28-16-19-8-7-9-20(24-19)21(17-10-11-17)25-14-12-18(13-15-25)22(26)27-4/h7-9,17-18,21H,10-16H2,1-6H3. The normalized spacial score (nSPS) is 20.5. The highest BCUT2D eigenvalue weighted by atomic mass is 28.4. The van der Waals surface area contributed by atoms with E-state index in [-0.39, 0.29) is 16.9 Å². The van der Waals surface area contributed by atoms with E-state index >= 15 is 0 Å².